The van der Waals surface area contributed by atoms with Crippen molar-refractivity contribution in [3.05, 3.63) is 0 Å². The highest BCUT2D eigenvalue weighted by molar-refractivity contribution is 5.85. The highest BCUT2D eigenvalue weighted by Crippen LogP contribution is 2.26. The molecule has 6 heteroatoms. The van der Waals surface area contributed by atoms with Crippen molar-refractivity contribution in [1.29, 1.82) is 0 Å². The zero-order valence-corrected chi connectivity index (χ0v) is 13.3. The first kappa shape index (κ1) is 16.6. The molecule has 2 atom stereocenters. The van der Waals surface area contributed by atoms with Gasteiger partial charge in [0.15, 0.2) is 0 Å². The van der Waals surface area contributed by atoms with Gasteiger partial charge in [-0.15, -0.1) is 12.4 Å². The third kappa shape index (κ3) is 3.89. The normalized spacial score (nSPS) is 30.3. The summed E-state index contributed by atoms with van der Waals surface area (Å²) in [5, 5.41) is 6.26. The first-order valence-electron chi connectivity index (χ1n) is 8.07. The van der Waals surface area contributed by atoms with E-state index in [1.807, 2.05) is 4.90 Å². The number of hydrogen-bond donors (Lipinski definition) is 2. The molecule has 0 radical (unpaired) electrons. The summed E-state index contributed by atoms with van der Waals surface area (Å²) in [4.78, 5) is 26.3. The Morgan fingerprint density at radius 2 is 1.90 bits per heavy atom. The molecule has 0 aromatic heterocycles. The highest BCUT2D eigenvalue weighted by atomic mass is 35.5. The van der Waals surface area contributed by atoms with Crippen LogP contribution in [0, 0.1) is 0 Å². The van der Waals surface area contributed by atoms with Crippen LogP contribution in [0.3, 0.4) is 0 Å². The minimum atomic E-state index is -0.0474. The second-order valence-electron chi connectivity index (χ2n) is 6.40. The summed E-state index contributed by atoms with van der Waals surface area (Å²) in [6.07, 6.45) is 8.50. The van der Waals surface area contributed by atoms with Gasteiger partial charge in [0.25, 0.3) is 0 Å². The minimum Gasteiger partial charge on any atom is -0.350 e. The molecule has 2 N–H and O–H groups in total. The Hall–Kier alpha value is -0.810. The molecule has 3 fully saturated rings. The quantitative estimate of drug-likeness (QED) is 0.823. The molecule has 2 unspecified atom stereocenters. The number of likely N-dealkylation sites (tertiary alicyclic amines) is 1. The zero-order chi connectivity index (χ0) is 13.9. The van der Waals surface area contributed by atoms with Crippen LogP contribution in [0.25, 0.3) is 0 Å². The number of nitrogens with one attached hydrogen (secondary N) is 2. The van der Waals surface area contributed by atoms with Gasteiger partial charge in [0, 0.05) is 19.0 Å². The lowest BCUT2D eigenvalue weighted by atomic mass is 9.94. The zero-order valence-electron chi connectivity index (χ0n) is 12.5. The van der Waals surface area contributed by atoms with Crippen LogP contribution >= 0.6 is 12.4 Å². The second-order valence-corrected chi connectivity index (χ2v) is 6.40. The van der Waals surface area contributed by atoms with Gasteiger partial charge in [-0.1, -0.05) is 19.3 Å². The van der Waals surface area contributed by atoms with Gasteiger partial charge in [-0.25, -0.2) is 0 Å². The van der Waals surface area contributed by atoms with Crippen molar-refractivity contribution in [1.82, 2.24) is 15.5 Å². The summed E-state index contributed by atoms with van der Waals surface area (Å²) < 4.78 is 0. The van der Waals surface area contributed by atoms with E-state index >= 15 is 0 Å². The number of amides is 2. The van der Waals surface area contributed by atoms with Gasteiger partial charge in [-0.3, -0.25) is 9.59 Å². The Morgan fingerprint density at radius 1 is 1.14 bits per heavy atom. The van der Waals surface area contributed by atoms with Crippen LogP contribution < -0.4 is 10.6 Å². The monoisotopic (exact) mass is 315 g/mol. The van der Waals surface area contributed by atoms with Crippen LogP contribution in [0.2, 0.25) is 0 Å². The van der Waals surface area contributed by atoms with E-state index < -0.39 is 0 Å². The first-order chi connectivity index (χ1) is 9.74. The van der Waals surface area contributed by atoms with E-state index in [1.165, 1.54) is 19.3 Å². The van der Waals surface area contributed by atoms with Crippen LogP contribution in [0.4, 0.5) is 0 Å². The largest absolute Gasteiger partial charge is 0.350 e. The summed E-state index contributed by atoms with van der Waals surface area (Å²) in [6, 6.07) is 0.385. The topological polar surface area (TPSA) is 61.4 Å². The Balaban J connectivity index is 0.00000161. The van der Waals surface area contributed by atoms with E-state index in [2.05, 4.69) is 10.6 Å². The van der Waals surface area contributed by atoms with Crippen LogP contribution in [-0.4, -0.2) is 47.9 Å². The number of nitrogens with zero attached hydrogens (tertiary/aromatic N) is 1. The van der Waals surface area contributed by atoms with Gasteiger partial charge in [0.1, 0.15) is 0 Å². The van der Waals surface area contributed by atoms with E-state index in [-0.39, 0.29) is 36.3 Å². The fourth-order valence-corrected chi connectivity index (χ4v) is 3.78. The molecule has 2 saturated heterocycles. The van der Waals surface area contributed by atoms with Crippen molar-refractivity contribution >= 4 is 24.2 Å². The maximum Gasteiger partial charge on any atom is 0.237 e. The summed E-state index contributed by atoms with van der Waals surface area (Å²) in [6.45, 7) is 1.64. The molecule has 2 amide bonds. The average molecular weight is 316 g/mol. The molecule has 3 rings (SSSR count). The van der Waals surface area contributed by atoms with E-state index in [1.54, 1.807) is 0 Å². The second kappa shape index (κ2) is 7.45. The molecule has 2 heterocycles. The van der Waals surface area contributed by atoms with Crippen molar-refractivity contribution < 1.29 is 9.59 Å². The molecule has 2 aliphatic heterocycles. The standard InChI is InChI=1S/C15H25N3O2.ClH/c19-14-9-11(17-15(20)13-7-4-8-16-13)10-18(14)12-5-2-1-3-6-12;/h11-13,16H,1-10H2,(H,17,20);1H. The minimum absolute atomic E-state index is 0. The lowest BCUT2D eigenvalue weighted by molar-refractivity contribution is -0.130. The molecule has 120 valence electrons. The van der Waals surface area contributed by atoms with E-state index in [0.29, 0.717) is 19.0 Å². The van der Waals surface area contributed by atoms with Crippen molar-refractivity contribution in [3.8, 4) is 0 Å². The van der Waals surface area contributed by atoms with Gasteiger partial charge in [0.2, 0.25) is 11.8 Å². The fourth-order valence-electron chi connectivity index (χ4n) is 3.78. The molecular weight excluding hydrogens is 290 g/mol. The Labute approximate surface area is 132 Å². The lowest BCUT2D eigenvalue weighted by Gasteiger charge is -2.31. The van der Waals surface area contributed by atoms with Crippen LogP contribution in [0.1, 0.15) is 51.4 Å². The van der Waals surface area contributed by atoms with Crippen molar-refractivity contribution in [3.63, 3.8) is 0 Å². The molecule has 3 aliphatic rings. The van der Waals surface area contributed by atoms with Crippen molar-refractivity contribution in [2.24, 2.45) is 0 Å². The molecule has 1 aliphatic carbocycles. The van der Waals surface area contributed by atoms with E-state index in [9.17, 15) is 9.59 Å². The number of halogens is 1. The summed E-state index contributed by atoms with van der Waals surface area (Å²) in [5.74, 6) is 0.298. The van der Waals surface area contributed by atoms with Crippen molar-refractivity contribution in [2.75, 3.05) is 13.1 Å². The molecule has 0 bridgehead atoms. The average Bonchev–Trinajstić information content (AvgIpc) is 3.09. The van der Waals surface area contributed by atoms with Crippen LogP contribution in [0.5, 0.6) is 0 Å². The lowest BCUT2D eigenvalue weighted by Crippen LogP contribution is -2.46. The third-order valence-electron chi connectivity index (χ3n) is 4.90. The molecule has 1 saturated carbocycles. The molecular formula is C15H26ClN3O2. The van der Waals surface area contributed by atoms with E-state index in [4.69, 9.17) is 0 Å². The summed E-state index contributed by atoms with van der Waals surface area (Å²) in [7, 11) is 0. The third-order valence-corrected chi connectivity index (χ3v) is 4.90. The Bertz CT molecular complexity index is 379. The maximum absolute atomic E-state index is 12.1. The van der Waals surface area contributed by atoms with Gasteiger partial charge < -0.3 is 15.5 Å². The molecule has 0 spiro atoms. The maximum atomic E-state index is 12.1. The number of carbonyl (C=O) groups is 2. The molecule has 0 aromatic rings. The highest BCUT2D eigenvalue weighted by Gasteiger charge is 2.36. The molecule has 5 nitrogen and oxygen atoms in total. The Morgan fingerprint density at radius 3 is 2.57 bits per heavy atom. The predicted molar refractivity (Wildman–Crippen MR) is 83.4 cm³/mol. The molecule has 0 aromatic carbocycles. The summed E-state index contributed by atoms with van der Waals surface area (Å²) in [5.41, 5.74) is 0. The van der Waals surface area contributed by atoms with Crippen LogP contribution in [0.15, 0.2) is 0 Å². The van der Waals surface area contributed by atoms with Gasteiger partial charge in [-0.2, -0.15) is 0 Å². The number of rotatable bonds is 3. The number of hydrogen-bond acceptors (Lipinski definition) is 3. The summed E-state index contributed by atoms with van der Waals surface area (Å²) >= 11 is 0. The van der Waals surface area contributed by atoms with Gasteiger partial charge >= 0.3 is 0 Å². The van der Waals surface area contributed by atoms with Crippen molar-refractivity contribution in [2.45, 2.75) is 69.5 Å². The first-order valence-corrected chi connectivity index (χ1v) is 8.07. The molecule has 21 heavy (non-hydrogen) atoms. The SMILES string of the molecule is Cl.O=C(NC1CC(=O)N(C2CCCCC2)C1)C1CCCN1. The van der Waals surface area contributed by atoms with Gasteiger partial charge in [-0.05, 0) is 32.2 Å². The predicted octanol–water partition coefficient (Wildman–Crippen LogP) is 1.21. The Kier molecular flexibility index (Phi) is 5.88. The fraction of sp³-hybridized carbons (Fsp3) is 0.867. The van der Waals surface area contributed by atoms with Crippen LogP contribution in [-0.2, 0) is 9.59 Å². The number of carbonyl (C=O) groups excluding carboxylic acids is 2. The van der Waals surface area contributed by atoms with E-state index in [0.717, 1.165) is 32.2 Å². The smallest absolute Gasteiger partial charge is 0.237 e. The van der Waals surface area contributed by atoms with Gasteiger partial charge in [0.05, 0.1) is 12.1 Å².